The quantitative estimate of drug-likeness (QED) is 0.219. The summed E-state index contributed by atoms with van der Waals surface area (Å²) in [5.41, 5.74) is 7.35. The van der Waals surface area contributed by atoms with Crippen molar-refractivity contribution in [2.75, 3.05) is 48.0 Å². The van der Waals surface area contributed by atoms with Gasteiger partial charge in [0.1, 0.15) is 11.2 Å². The molecular formula is C43H54N4O5. The number of benzene rings is 2. The fourth-order valence-corrected chi connectivity index (χ4v) is 12.4. The minimum Gasteiger partial charge on any atom is -0.496 e. The second-order valence-corrected chi connectivity index (χ2v) is 16.7. The molecule has 0 amide bonds. The number of aromatic nitrogens is 2. The number of ether oxygens (including phenoxy) is 3. The van der Waals surface area contributed by atoms with Crippen molar-refractivity contribution in [1.29, 1.82) is 0 Å². The molecule has 2 N–H and O–H groups in total. The Kier molecular flexibility index (Phi) is 8.27. The lowest BCUT2D eigenvalue weighted by molar-refractivity contribution is -0.162. The number of hydrogen-bond acceptors (Lipinski definition) is 7. The number of esters is 2. The topological polar surface area (TPSA) is 99.9 Å². The van der Waals surface area contributed by atoms with Crippen LogP contribution in [0, 0.1) is 29.6 Å². The second kappa shape index (κ2) is 12.7. The molecule has 10 atom stereocenters. The van der Waals surface area contributed by atoms with E-state index in [4.69, 9.17) is 14.2 Å². The van der Waals surface area contributed by atoms with Gasteiger partial charge in [0.25, 0.3) is 0 Å². The first-order valence-corrected chi connectivity index (χ1v) is 19.7. The van der Waals surface area contributed by atoms with Gasteiger partial charge in [-0.2, -0.15) is 0 Å². The first-order valence-electron chi connectivity index (χ1n) is 19.7. The predicted octanol–water partition coefficient (Wildman–Crippen LogP) is 6.57. The summed E-state index contributed by atoms with van der Waals surface area (Å²) >= 11 is 0. The molecular weight excluding hydrogens is 652 g/mol. The van der Waals surface area contributed by atoms with Crippen LogP contribution in [0.5, 0.6) is 5.75 Å². The Labute approximate surface area is 306 Å². The molecule has 4 aliphatic heterocycles. The van der Waals surface area contributed by atoms with E-state index in [0.29, 0.717) is 17.8 Å². The first kappa shape index (κ1) is 34.0. The summed E-state index contributed by atoms with van der Waals surface area (Å²) < 4.78 is 17.6. The lowest BCUT2D eigenvalue weighted by Crippen LogP contribution is -2.67. The van der Waals surface area contributed by atoms with Crippen LogP contribution in [-0.2, 0) is 37.3 Å². The van der Waals surface area contributed by atoms with E-state index in [1.54, 1.807) is 21.3 Å². The van der Waals surface area contributed by atoms with Crippen molar-refractivity contribution in [2.24, 2.45) is 29.6 Å². The van der Waals surface area contributed by atoms with Gasteiger partial charge in [-0.1, -0.05) is 44.9 Å². The molecule has 2 aromatic carbocycles. The second-order valence-electron chi connectivity index (χ2n) is 16.7. The van der Waals surface area contributed by atoms with E-state index < -0.39 is 5.41 Å². The van der Waals surface area contributed by atoms with E-state index in [1.165, 1.54) is 34.0 Å². The number of fused-ring (bicyclic) bond motifs is 9. The molecule has 2 aromatic heterocycles. The highest BCUT2D eigenvalue weighted by molar-refractivity contribution is 5.93. The molecule has 6 heterocycles. The number of para-hydroxylation sites is 1. The molecule has 276 valence electrons. The predicted molar refractivity (Wildman–Crippen MR) is 202 cm³/mol. The molecule has 0 radical (unpaired) electrons. The summed E-state index contributed by atoms with van der Waals surface area (Å²) in [5, 5.41) is 2.39. The molecule has 3 saturated heterocycles. The Morgan fingerprint density at radius 2 is 1.73 bits per heavy atom. The third-order valence-electron chi connectivity index (χ3n) is 14.6. The van der Waals surface area contributed by atoms with Crippen LogP contribution in [0.25, 0.3) is 21.8 Å². The van der Waals surface area contributed by atoms with Crippen LogP contribution >= 0.6 is 0 Å². The Morgan fingerprint density at radius 3 is 2.48 bits per heavy atom. The molecule has 1 unspecified atom stereocenters. The molecule has 9 nitrogen and oxygen atoms in total. The van der Waals surface area contributed by atoms with E-state index in [9.17, 15) is 9.59 Å². The summed E-state index contributed by atoms with van der Waals surface area (Å²) in [5.74, 6) is 1.78. The Balaban J connectivity index is 1.27. The summed E-state index contributed by atoms with van der Waals surface area (Å²) in [6.07, 6.45) is 6.51. The van der Waals surface area contributed by atoms with Crippen molar-refractivity contribution in [1.82, 2.24) is 19.8 Å². The zero-order chi connectivity index (χ0) is 36.1. The SMILES string of the molecule is CC[C@@H]1CN(C)[C@H]2Cc3c([nH]c4ccccc34)[C@H](c3cc4c5c([nH]c4cc3OC)[C@@]3(C(=O)OC)C[C@H]4C[C@@H](CC)[C@@H]3N(CC5)C4)C[C@H]1[C@@H]2C(=O)OC. The number of methoxy groups -OCH3 is 3. The highest BCUT2D eigenvalue weighted by Gasteiger charge is 2.63. The summed E-state index contributed by atoms with van der Waals surface area (Å²) in [4.78, 5) is 40.9. The van der Waals surface area contributed by atoms with Gasteiger partial charge in [0, 0.05) is 82.5 Å². The van der Waals surface area contributed by atoms with Crippen LogP contribution in [-0.4, -0.2) is 91.8 Å². The van der Waals surface area contributed by atoms with E-state index >= 15 is 0 Å². The molecule has 4 aromatic rings. The van der Waals surface area contributed by atoms with Crippen LogP contribution in [0.15, 0.2) is 36.4 Å². The van der Waals surface area contributed by atoms with Crippen molar-refractivity contribution in [3.8, 4) is 5.75 Å². The van der Waals surface area contributed by atoms with Crippen molar-refractivity contribution in [3.63, 3.8) is 0 Å². The van der Waals surface area contributed by atoms with Crippen LogP contribution < -0.4 is 4.74 Å². The third kappa shape index (κ3) is 4.73. The molecule has 2 aliphatic carbocycles. The average Bonchev–Trinajstić information content (AvgIpc) is 3.69. The number of carbonyl (C=O) groups excluding carboxylic acids is 2. The van der Waals surface area contributed by atoms with Gasteiger partial charge in [-0.15, -0.1) is 0 Å². The Morgan fingerprint density at radius 1 is 0.923 bits per heavy atom. The van der Waals surface area contributed by atoms with Gasteiger partial charge in [-0.05, 0) is 86.1 Å². The van der Waals surface area contributed by atoms with Crippen LogP contribution in [0.4, 0.5) is 0 Å². The van der Waals surface area contributed by atoms with Gasteiger partial charge in [0.05, 0.1) is 27.2 Å². The molecule has 52 heavy (non-hydrogen) atoms. The number of aromatic amines is 2. The largest absolute Gasteiger partial charge is 0.496 e. The van der Waals surface area contributed by atoms with Gasteiger partial charge in [-0.25, -0.2) is 0 Å². The highest BCUT2D eigenvalue weighted by atomic mass is 16.5. The van der Waals surface area contributed by atoms with Crippen molar-refractivity contribution >= 4 is 33.7 Å². The Bertz CT molecular complexity index is 2050. The fraction of sp³-hybridized carbons (Fsp3) is 0.581. The van der Waals surface area contributed by atoms with Gasteiger partial charge in [-0.3, -0.25) is 14.5 Å². The molecule has 10 rings (SSSR count). The van der Waals surface area contributed by atoms with Gasteiger partial charge < -0.3 is 29.1 Å². The normalized spacial score (nSPS) is 33.8. The molecule has 4 fully saturated rings. The number of H-pyrrole nitrogens is 2. The minimum absolute atomic E-state index is 0.0355. The van der Waals surface area contributed by atoms with E-state index in [-0.39, 0.29) is 41.8 Å². The summed E-state index contributed by atoms with van der Waals surface area (Å²) in [6.45, 7) is 7.49. The monoisotopic (exact) mass is 706 g/mol. The lowest BCUT2D eigenvalue weighted by Gasteiger charge is -2.57. The van der Waals surface area contributed by atoms with E-state index in [0.717, 1.165) is 86.2 Å². The van der Waals surface area contributed by atoms with Crippen LogP contribution in [0.1, 0.15) is 79.9 Å². The van der Waals surface area contributed by atoms with Crippen molar-refractivity contribution in [2.45, 2.75) is 82.2 Å². The smallest absolute Gasteiger partial charge is 0.319 e. The molecule has 1 saturated carbocycles. The number of hydrogen-bond donors (Lipinski definition) is 2. The zero-order valence-corrected chi connectivity index (χ0v) is 31.6. The number of likely N-dealkylation sites (N-methyl/N-ethyl adjacent to an activating group) is 1. The number of likely N-dealkylation sites (tertiary alicyclic amines) is 1. The van der Waals surface area contributed by atoms with Crippen LogP contribution in [0.2, 0.25) is 0 Å². The third-order valence-corrected chi connectivity index (χ3v) is 14.6. The fourth-order valence-electron chi connectivity index (χ4n) is 12.4. The van der Waals surface area contributed by atoms with Crippen molar-refractivity contribution < 1.29 is 23.8 Å². The van der Waals surface area contributed by atoms with Gasteiger partial charge in [0.2, 0.25) is 0 Å². The lowest BCUT2D eigenvalue weighted by atomic mass is 9.56. The molecule has 6 aliphatic rings. The van der Waals surface area contributed by atoms with Gasteiger partial charge in [0.15, 0.2) is 0 Å². The molecule has 9 heteroatoms. The molecule has 0 spiro atoms. The van der Waals surface area contributed by atoms with E-state index in [1.807, 2.05) is 0 Å². The standard InChI is InChI=1S/C43H54N4O5/c1-7-24-15-23-20-43(42(49)52-6)39-27(13-14-47(21-23)40(24)43)29-17-30(36(50-4)19-34(29)45-39)31-16-28-25(8-2)22-46(3)35(37(28)41(48)51-5)18-32-26-11-9-10-12-33(26)44-38(31)32/h9-12,17,19,23-25,28,31,35,37,40,44-45H,7-8,13-16,18,20-22H2,1-6H3/t23-,24-,25-,28-,31+,35+,37+,40+,43+/m1/s1. The number of piperidine rings is 3. The maximum absolute atomic E-state index is 14.2. The summed E-state index contributed by atoms with van der Waals surface area (Å²) in [7, 11) is 7.06. The maximum atomic E-state index is 14.2. The zero-order valence-electron chi connectivity index (χ0n) is 31.6. The maximum Gasteiger partial charge on any atom is 0.319 e. The average molecular weight is 707 g/mol. The number of nitrogens with zero attached hydrogens (tertiary/aromatic N) is 2. The molecule has 6 bridgehead atoms. The van der Waals surface area contributed by atoms with E-state index in [2.05, 4.69) is 77.1 Å². The Hall–Kier alpha value is -3.82. The summed E-state index contributed by atoms with van der Waals surface area (Å²) in [6, 6.07) is 13.3. The highest BCUT2D eigenvalue weighted by Crippen LogP contribution is 2.56. The van der Waals surface area contributed by atoms with Gasteiger partial charge >= 0.3 is 11.9 Å². The number of nitrogens with one attached hydrogen (secondary N) is 2. The number of carbonyl (C=O) groups is 2. The number of rotatable bonds is 6. The minimum atomic E-state index is -0.718. The van der Waals surface area contributed by atoms with Crippen LogP contribution in [0.3, 0.4) is 0 Å². The first-order chi connectivity index (χ1) is 25.3. The van der Waals surface area contributed by atoms with Crippen molar-refractivity contribution in [3.05, 3.63) is 64.5 Å².